The number of nitrogens with one attached hydrogen (secondary N) is 1. The van der Waals surface area contributed by atoms with Crippen molar-refractivity contribution in [2.75, 3.05) is 5.75 Å². The molecule has 49 valence electrons. The van der Waals surface area contributed by atoms with E-state index < -0.39 is 0 Å². The minimum Gasteiger partial charge on any atom is -0.264 e. The fourth-order valence-electron chi connectivity index (χ4n) is 0.438. The molecule has 4 heteroatoms. The molecular formula is C5H8N3S. The second-order valence-corrected chi connectivity index (χ2v) is 2.63. The van der Waals surface area contributed by atoms with E-state index in [1.165, 1.54) is 0 Å². The van der Waals surface area contributed by atoms with E-state index in [-0.39, 0.29) is 0 Å². The predicted molar refractivity (Wildman–Crippen MR) is 37.1 cm³/mol. The number of nitrogens with zero attached hydrogens (tertiary/aromatic N) is 2. The summed E-state index contributed by atoms with van der Waals surface area (Å²) in [5.74, 6) is 1.01. The third-order valence-electron chi connectivity index (χ3n) is 0.789. The molecule has 0 unspecified atom stereocenters. The molecule has 9 heavy (non-hydrogen) atoms. The number of hydrogen-bond acceptors (Lipinski definition) is 3. The number of aromatic amines is 1. The van der Waals surface area contributed by atoms with E-state index in [0.717, 1.165) is 17.2 Å². The van der Waals surface area contributed by atoms with Crippen molar-refractivity contribution in [2.45, 2.75) is 11.4 Å². The number of thioether (sulfide) groups is 1. The molecule has 3 nitrogen and oxygen atoms in total. The first-order valence-corrected chi connectivity index (χ1v) is 3.70. The molecule has 0 aliphatic rings. The van der Waals surface area contributed by atoms with Gasteiger partial charge in [-0.2, -0.15) is 0 Å². The lowest BCUT2D eigenvalue weighted by molar-refractivity contribution is 0.911. The summed E-state index contributed by atoms with van der Waals surface area (Å²) in [7, 11) is 0. The summed E-state index contributed by atoms with van der Waals surface area (Å²) in [5.41, 5.74) is 0. The van der Waals surface area contributed by atoms with Crippen LogP contribution < -0.4 is 0 Å². The zero-order valence-corrected chi connectivity index (χ0v) is 5.82. The van der Waals surface area contributed by atoms with Gasteiger partial charge in [0.15, 0.2) is 0 Å². The van der Waals surface area contributed by atoms with Crippen LogP contribution in [0.4, 0.5) is 0 Å². The van der Waals surface area contributed by atoms with Crippen molar-refractivity contribution in [3.05, 3.63) is 13.1 Å². The van der Waals surface area contributed by atoms with Crippen molar-refractivity contribution >= 4 is 11.8 Å². The van der Waals surface area contributed by atoms with Gasteiger partial charge in [-0.05, 0) is 12.2 Å². The number of hydrogen-bond donors (Lipinski definition) is 1. The van der Waals surface area contributed by atoms with Gasteiger partial charge in [-0.3, -0.25) is 5.10 Å². The summed E-state index contributed by atoms with van der Waals surface area (Å²) in [5, 5.41) is 10.9. The van der Waals surface area contributed by atoms with Crippen molar-refractivity contribution in [1.82, 2.24) is 15.4 Å². The summed E-state index contributed by atoms with van der Waals surface area (Å²) in [6, 6.07) is 0. The highest BCUT2D eigenvalue weighted by molar-refractivity contribution is 7.99. The van der Waals surface area contributed by atoms with Crippen molar-refractivity contribution in [3.63, 3.8) is 0 Å². The first-order valence-electron chi connectivity index (χ1n) is 2.72. The first-order chi connectivity index (χ1) is 4.43. The van der Waals surface area contributed by atoms with Gasteiger partial charge >= 0.3 is 0 Å². The molecule has 0 saturated carbocycles. The van der Waals surface area contributed by atoms with E-state index in [1.54, 1.807) is 18.0 Å². The van der Waals surface area contributed by atoms with E-state index in [1.807, 2.05) is 0 Å². The Bertz CT molecular complexity index is 149. The molecule has 1 radical (unpaired) electrons. The molecule has 1 rings (SSSR count). The van der Waals surface area contributed by atoms with Crippen LogP contribution in [0.15, 0.2) is 11.2 Å². The quantitative estimate of drug-likeness (QED) is 0.643. The average Bonchev–Trinajstić information content (AvgIpc) is 2.34. The molecular weight excluding hydrogens is 134 g/mol. The van der Waals surface area contributed by atoms with Crippen LogP contribution in [0.1, 0.15) is 6.42 Å². The summed E-state index contributed by atoms with van der Waals surface area (Å²) in [6.07, 6.45) is 2.71. The van der Waals surface area contributed by atoms with Crippen molar-refractivity contribution in [1.29, 1.82) is 0 Å². The Labute approximate surface area is 58.2 Å². The molecule has 0 amide bonds. The number of H-pyrrole nitrogens is 1. The lowest BCUT2D eigenvalue weighted by atomic mass is 10.6. The third-order valence-corrected chi connectivity index (χ3v) is 1.78. The summed E-state index contributed by atoms with van der Waals surface area (Å²) in [6.45, 7) is 3.71. The van der Waals surface area contributed by atoms with E-state index in [9.17, 15) is 0 Å². The second-order valence-electron chi connectivity index (χ2n) is 1.51. The van der Waals surface area contributed by atoms with E-state index >= 15 is 0 Å². The fraction of sp³-hybridized carbons (Fsp3) is 0.400. The molecule has 1 aromatic heterocycles. The van der Waals surface area contributed by atoms with Gasteiger partial charge in [0.25, 0.3) is 0 Å². The van der Waals surface area contributed by atoms with Crippen LogP contribution in [-0.2, 0) is 0 Å². The molecule has 1 heterocycles. The maximum atomic E-state index is 3.78. The Kier molecular flexibility index (Phi) is 2.57. The standard InChI is InChI=1S/C5H8N3S/c1-2-3-9-5-4-6-8-7-5/h4H,1-3H2,(H,6,7,8). The zero-order valence-electron chi connectivity index (χ0n) is 5.00. The second kappa shape index (κ2) is 3.50. The van der Waals surface area contributed by atoms with Crippen LogP contribution in [0, 0.1) is 6.92 Å². The van der Waals surface area contributed by atoms with Crippen LogP contribution in [-0.4, -0.2) is 21.2 Å². The molecule has 0 bridgehead atoms. The van der Waals surface area contributed by atoms with Crippen LogP contribution in [0.5, 0.6) is 0 Å². The summed E-state index contributed by atoms with van der Waals surface area (Å²) >= 11 is 1.66. The SMILES string of the molecule is [CH2]CCSc1c[nH]nn1. The highest BCUT2D eigenvalue weighted by Gasteiger charge is 1.92. The Morgan fingerprint density at radius 3 is 3.22 bits per heavy atom. The normalized spacial score (nSPS) is 9.89. The van der Waals surface area contributed by atoms with Gasteiger partial charge in [-0.25, -0.2) is 0 Å². The molecule has 0 saturated heterocycles. The number of rotatable bonds is 3. The van der Waals surface area contributed by atoms with E-state index in [0.29, 0.717) is 0 Å². The summed E-state index contributed by atoms with van der Waals surface area (Å²) in [4.78, 5) is 0. The predicted octanol–water partition coefficient (Wildman–Crippen LogP) is 1.12. The van der Waals surface area contributed by atoms with Crippen LogP contribution in [0.25, 0.3) is 0 Å². The van der Waals surface area contributed by atoms with E-state index in [2.05, 4.69) is 22.3 Å². The molecule has 0 aromatic carbocycles. The third kappa shape index (κ3) is 2.05. The molecule has 0 aliphatic heterocycles. The van der Waals surface area contributed by atoms with Gasteiger partial charge < -0.3 is 0 Å². The fourth-order valence-corrected chi connectivity index (χ4v) is 1.03. The van der Waals surface area contributed by atoms with Crippen LogP contribution in [0.2, 0.25) is 0 Å². The molecule has 0 spiro atoms. The van der Waals surface area contributed by atoms with Crippen molar-refractivity contribution < 1.29 is 0 Å². The Balaban J connectivity index is 2.30. The average molecular weight is 142 g/mol. The van der Waals surface area contributed by atoms with Gasteiger partial charge in [-0.15, -0.1) is 16.9 Å². The minimum atomic E-state index is 0.928. The maximum absolute atomic E-state index is 3.78. The van der Waals surface area contributed by atoms with Gasteiger partial charge in [0.2, 0.25) is 0 Å². The topological polar surface area (TPSA) is 41.6 Å². The smallest absolute Gasteiger partial charge is 0.138 e. The molecule has 0 aliphatic carbocycles. The Morgan fingerprint density at radius 1 is 1.78 bits per heavy atom. The largest absolute Gasteiger partial charge is 0.264 e. The molecule has 0 atom stereocenters. The highest BCUT2D eigenvalue weighted by Crippen LogP contribution is 2.12. The van der Waals surface area contributed by atoms with Crippen molar-refractivity contribution in [3.8, 4) is 0 Å². The van der Waals surface area contributed by atoms with Gasteiger partial charge in [0, 0.05) is 0 Å². The summed E-state index contributed by atoms with van der Waals surface area (Å²) < 4.78 is 0. The van der Waals surface area contributed by atoms with Crippen LogP contribution in [0.3, 0.4) is 0 Å². The maximum Gasteiger partial charge on any atom is 0.138 e. The lowest BCUT2D eigenvalue weighted by Crippen LogP contribution is -1.74. The van der Waals surface area contributed by atoms with E-state index in [4.69, 9.17) is 0 Å². The van der Waals surface area contributed by atoms with Gasteiger partial charge in [0.05, 0.1) is 6.20 Å². The minimum absolute atomic E-state index is 0.928. The monoisotopic (exact) mass is 142 g/mol. The number of aromatic nitrogens is 3. The highest BCUT2D eigenvalue weighted by atomic mass is 32.2. The molecule has 1 aromatic rings. The van der Waals surface area contributed by atoms with Crippen LogP contribution >= 0.6 is 11.8 Å². The first kappa shape index (κ1) is 6.61. The van der Waals surface area contributed by atoms with Gasteiger partial charge in [-0.1, -0.05) is 12.1 Å². The lowest BCUT2D eigenvalue weighted by Gasteiger charge is -1.87. The molecule has 0 fully saturated rings. The Hall–Kier alpha value is -0.510. The zero-order chi connectivity index (χ0) is 6.53. The van der Waals surface area contributed by atoms with Gasteiger partial charge in [0.1, 0.15) is 5.03 Å². The molecule has 1 N–H and O–H groups in total. The van der Waals surface area contributed by atoms with Crippen molar-refractivity contribution in [2.24, 2.45) is 0 Å². The Morgan fingerprint density at radius 2 is 2.67 bits per heavy atom.